The predicted octanol–water partition coefficient (Wildman–Crippen LogP) is 2.33. The van der Waals surface area contributed by atoms with Crippen LogP contribution in [-0.2, 0) is 6.54 Å². The van der Waals surface area contributed by atoms with Crippen LogP contribution in [0.5, 0.6) is 0 Å². The van der Waals surface area contributed by atoms with E-state index in [2.05, 4.69) is 35.2 Å². The Labute approximate surface area is 99.1 Å². The zero-order valence-electron chi connectivity index (χ0n) is 9.10. The quantitative estimate of drug-likeness (QED) is 0.879. The fourth-order valence-corrected chi connectivity index (χ4v) is 3.36. The lowest BCUT2D eigenvalue weighted by Crippen LogP contribution is -2.47. The zero-order chi connectivity index (χ0) is 11.0. The van der Waals surface area contributed by atoms with E-state index in [9.17, 15) is 0 Å². The molecule has 2 heterocycles. The summed E-state index contributed by atoms with van der Waals surface area (Å²) < 4.78 is 1.37. The SMILES string of the molecule is OCC1CN(Cc2cc3ccccc3s2)C1. The highest BCUT2D eigenvalue weighted by molar-refractivity contribution is 7.19. The van der Waals surface area contributed by atoms with Gasteiger partial charge >= 0.3 is 0 Å². The molecule has 0 saturated carbocycles. The Morgan fingerprint density at radius 1 is 1.31 bits per heavy atom. The standard InChI is InChI=1S/C13H15NOS/c15-9-10-6-14(7-10)8-12-5-11-3-1-2-4-13(11)16-12/h1-5,10,15H,6-9H2. The number of hydrogen-bond acceptors (Lipinski definition) is 3. The van der Waals surface area contributed by atoms with Crippen molar-refractivity contribution in [1.29, 1.82) is 0 Å². The van der Waals surface area contributed by atoms with Crippen molar-refractivity contribution in [1.82, 2.24) is 4.90 Å². The van der Waals surface area contributed by atoms with E-state index in [4.69, 9.17) is 5.11 Å². The highest BCUT2D eigenvalue weighted by Crippen LogP contribution is 2.28. The third kappa shape index (κ3) is 1.86. The monoisotopic (exact) mass is 233 g/mol. The van der Waals surface area contributed by atoms with E-state index < -0.39 is 0 Å². The van der Waals surface area contributed by atoms with Crippen molar-refractivity contribution in [2.45, 2.75) is 6.54 Å². The van der Waals surface area contributed by atoms with Crippen LogP contribution in [0.15, 0.2) is 30.3 Å². The van der Waals surface area contributed by atoms with Gasteiger partial charge in [0.05, 0.1) is 0 Å². The summed E-state index contributed by atoms with van der Waals surface area (Å²) in [6.45, 7) is 3.47. The molecule has 3 heteroatoms. The number of hydrogen-bond donors (Lipinski definition) is 1. The summed E-state index contributed by atoms with van der Waals surface area (Å²) in [5.74, 6) is 0.509. The fraction of sp³-hybridized carbons (Fsp3) is 0.385. The van der Waals surface area contributed by atoms with E-state index in [0.717, 1.165) is 19.6 Å². The maximum absolute atomic E-state index is 8.96. The molecule has 1 aliphatic rings. The third-order valence-electron chi connectivity index (χ3n) is 3.15. The molecule has 0 spiro atoms. The molecule has 0 radical (unpaired) electrons. The molecule has 0 bridgehead atoms. The average Bonchev–Trinajstić information content (AvgIpc) is 2.65. The van der Waals surface area contributed by atoms with Gasteiger partial charge in [-0.3, -0.25) is 4.90 Å². The molecular weight excluding hydrogens is 218 g/mol. The van der Waals surface area contributed by atoms with Gasteiger partial charge in [0.15, 0.2) is 0 Å². The van der Waals surface area contributed by atoms with Crippen LogP contribution in [0, 0.1) is 5.92 Å². The van der Waals surface area contributed by atoms with Gasteiger partial charge in [0.25, 0.3) is 0 Å². The maximum atomic E-state index is 8.96. The van der Waals surface area contributed by atoms with Crippen LogP contribution in [0.4, 0.5) is 0 Å². The van der Waals surface area contributed by atoms with Crippen LogP contribution in [0.25, 0.3) is 10.1 Å². The Balaban J connectivity index is 1.71. The van der Waals surface area contributed by atoms with Gasteiger partial charge in [0.1, 0.15) is 0 Å². The first kappa shape index (κ1) is 10.3. The number of aliphatic hydroxyl groups is 1. The number of benzene rings is 1. The average molecular weight is 233 g/mol. The van der Waals surface area contributed by atoms with Crippen LogP contribution in [0.2, 0.25) is 0 Å². The fourth-order valence-electron chi connectivity index (χ4n) is 2.26. The summed E-state index contributed by atoms with van der Waals surface area (Å²) in [5.41, 5.74) is 0. The molecule has 1 aliphatic heterocycles. The number of thiophene rings is 1. The van der Waals surface area contributed by atoms with Crippen molar-refractivity contribution in [3.63, 3.8) is 0 Å². The molecule has 1 fully saturated rings. The van der Waals surface area contributed by atoms with Gasteiger partial charge in [-0.2, -0.15) is 0 Å². The Morgan fingerprint density at radius 2 is 2.12 bits per heavy atom. The topological polar surface area (TPSA) is 23.5 Å². The van der Waals surface area contributed by atoms with Crippen LogP contribution in [-0.4, -0.2) is 29.7 Å². The normalized spacial score (nSPS) is 17.8. The Hall–Kier alpha value is -0.900. The Bertz CT molecular complexity index is 454. The molecule has 0 amide bonds. The number of aliphatic hydroxyl groups excluding tert-OH is 1. The molecule has 2 nitrogen and oxygen atoms in total. The van der Waals surface area contributed by atoms with E-state index in [1.165, 1.54) is 15.0 Å². The number of likely N-dealkylation sites (tertiary alicyclic amines) is 1. The summed E-state index contributed by atoms with van der Waals surface area (Å²) >= 11 is 1.88. The van der Waals surface area contributed by atoms with Gasteiger partial charge in [-0.1, -0.05) is 18.2 Å². The highest BCUT2D eigenvalue weighted by Gasteiger charge is 2.25. The molecule has 1 aromatic heterocycles. The zero-order valence-corrected chi connectivity index (χ0v) is 9.91. The molecule has 1 aromatic carbocycles. The molecule has 1 saturated heterocycles. The van der Waals surface area contributed by atoms with E-state index in [0.29, 0.717) is 12.5 Å². The highest BCUT2D eigenvalue weighted by atomic mass is 32.1. The summed E-state index contributed by atoms with van der Waals surface area (Å²) in [6.07, 6.45) is 0. The molecule has 2 aromatic rings. The van der Waals surface area contributed by atoms with Crippen LogP contribution >= 0.6 is 11.3 Å². The van der Waals surface area contributed by atoms with E-state index in [1.54, 1.807) is 0 Å². The smallest absolute Gasteiger partial charge is 0.0483 e. The molecule has 84 valence electrons. The first-order chi connectivity index (χ1) is 7.85. The lowest BCUT2D eigenvalue weighted by atomic mass is 10.0. The predicted molar refractivity (Wildman–Crippen MR) is 67.7 cm³/mol. The van der Waals surface area contributed by atoms with E-state index >= 15 is 0 Å². The molecule has 0 aliphatic carbocycles. The second-order valence-electron chi connectivity index (χ2n) is 4.49. The third-order valence-corrected chi connectivity index (χ3v) is 4.25. The molecule has 1 N–H and O–H groups in total. The van der Waals surface area contributed by atoms with Crippen LogP contribution < -0.4 is 0 Å². The van der Waals surface area contributed by atoms with Crippen molar-refractivity contribution < 1.29 is 5.11 Å². The van der Waals surface area contributed by atoms with Gasteiger partial charge in [-0.05, 0) is 17.5 Å². The molecule has 16 heavy (non-hydrogen) atoms. The lowest BCUT2D eigenvalue weighted by molar-refractivity contribution is 0.0487. The Kier molecular flexibility index (Phi) is 2.67. The number of fused-ring (bicyclic) bond motifs is 1. The van der Waals surface area contributed by atoms with Crippen LogP contribution in [0.1, 0.15) is 4.88 Å². The second kappa shape index (κ2) is 4.17. The van der Waals surface area contributed by atoms with Gasteiger partial charge < -0.3 is 5.11 Å². The largest absolute Gasteiger partial charge is 0.396 e. The van der Waals surface area contributed by atoms with Gasteiger partial charge in [0, 0.05) is 41.7 Å². The molecule has 3 rings (SSSR count). The Morgan fingerprint density at radius 3 is 2.88 bits per heavy atom. The van der Waals surface area contributed by atoms with Crippen LogP contribution in [0.3, 0.4) is 0 Å². The van der Waals surface area contributed by atoms with Crippen molar-refractivity contribution in [2.75, 3.05) is 19.7 Å². The molecule has 0 atom stereocenters. The van der Waals surface area contributed by atoms with Gasteiger partial charge in [-0.25, -0.2) is 0 Å². The van der Waals surface area contributed by atoms with Gasteiger partial charge in [0.2, 0.25) is 0 Å². The number of nitrogens with zero attached hydrogens (tertiary/aromatic N) is 1. The summed E-state index contributed by atoms with van der Waals surface area (Å²) in [5, 5.41) is 10.3. The van der Waals surface area contributed by atoms with E-state index in [-0.39, 0.29) is 0 Å². The second-order valence-corrected chi connectivity index (χ2v) is 5.66. The minimum absolute atomic E-state index is 0.336. The molecule has 0 unspecified atom stereocenters. The van der Waals surface area contributed by atoms with Crippen molar-refractivity contribution in [3.05, 3.63) is 35.2 Å². The maximum Gasteiger partial charge on any atom is 0.0483 e. The molecular formula is C13H15NOS. The van der Waals surface area contributed by atoms with Gasteiger partial charge in [-0.15, -0.1) is 11.3 Å². The van der Waals surface area contributed by atoms with E-state index in [1.807, 2.05) is 11.3 Å². The van der Waals surface area contributed by atoms with Crippen molar-refractivity contribution >= 4 is 21.4 Å². The lowest BCUT2D eigenvalue weighted by Gasteiger charge is -2.37. The first-order valence-corrected chi connectivity index (χ1v) is 6.47. The number of rotatable bonds is 3. The van der Waals surface area contributed by atoms with Crippen molar-refractivity contribution in [3.8, 4) is 0 Å². The summed E-state index contributed by atoms with van der Waals surface area (Å²) in [6, 6.07) is 10.8. The summed E-state index contributed by atoms with van der Waals surface area (Å²) in [7, 11) is 0. The minimum Gasteiger partial charge on any atom is -0.396 e. The summed E-state index contributed by atoms with van der Waals surface area (Å²) in [4.78, 5) is 3.82. The van der Waals surface area contributed by atoms with Crippen molar-refractivity contribution in [2.24, 2.45) is 5.92 Å². The minimum atomic E-state index is 0.336. The first-order valence-electron chi connectivity index (χ1n) is 5.66.